The van der Waals surface area contributed by atoms with Crippen LogP contribution in [0.5, 0.6) is 0 Å². The molecule has 0 aliphatic heterocycles. The molecule has 0 spiro atoms. The maximum Gasteiger partial charge on any atom is 0.543 e. The minimum Gasteiger partial charge on any atom is -0.429 e. The molecule has 6 heteroatoms. The van der Waals surface area contributed by atoms with E-state index in [1.54, 1.807) is 12.1 Å². The van der Waals surface area contributed by atoms with Gasteiger partial charge in [-0.2, -0.15) is 0 Å². The maximum absolute atomic E-state index is 12.0. The fraction of sp³-hybridized carbons (Fsp3) is 0.667. The summed E-state index contributed by atoms with van der Waals surface area (Å²) >= 11 is 0. The highest BCUT2D eigenvalue weighted by molar-refractivity contribution is 5.88. The summed E-state index contributed by atoms with van der Waals surface area (Å²) in [6.45, 7) is 8.88. The van der Waals surface area contributed by atoms with Crippen LogP contribution in [0.3, 0.4) is 0 Å². The zero-order valence-electron chi connectivity index (χ0n) is 18.8. The lowest BCUT2D eigenvalue weighted by Gasteiger charge is -2.36. The Morgan fingerprint density at radius 1 is 0.933 bits per heavy atom. The molecule has 0 saturated heterocycles. The van der Waals surface area contributed by atoms with Gasteiger partial charge in [0, 0.05) is 0 Å². The minimum absolute atomic E-state index is 0.194. The monoisotopic (exact) mass is 420 g/mol. The topological polar surface area (TPSA) is 71.1 Å². The fourth-order valence-electron chi connectivity index (χ4n) is 3.89. The first-order valence-electron chi connectivity index (χ1n) is 11.1. The van der Waals surface area contributed by atoms with Crippen LogP contribution < -0.4 is 0 Å². The first-order valence-corrected chi connectivity index (χ1v) is 11.1. The number of carbonyl (C=O) groups is 2. The van der Waals surface area contributed by atoms with Gasteiger partial charge in [0.2, 0.25) is 0 Å². The van der Waals surface area contributed by atoms with Crippen LogP contribution in [0.15, 0.2) is 24.3 Å². The van der Waals surface area contributed by atoms with Gasteiger partial charge in [0.05, 0.1) is 10.6 Å². The van der Waals surface area contributed by atoms with Crippen LogP contribution in [-0.2, 0) is 26.0 Å². The van der Waals surface area contributed by atoms with Gasteiger partial charge in [-0.05, 0) is 67.6 Å². The first kappa shape index (κ1) is 24.2. The predicted octanol–water partition coefficient (Wildman–Crippen LogP) is 6.57. The highest BCUT2D eigenvalue weighted by Gasteiger charge is 2.31. The van der Waals surface area contributed by atoms with E-state index in [0.29, 0.717) is 11.5 Å². The fourth-order valence-corrected chi connectivity index (χ4v) is 3.89. The molecule has 0 atom stereocenters. The second kappa shape index (κ2) is 11.9. The van der Waals surface area contributed by atoms with E-state index in [1.165, 1.54) is 24.8 Å². The molecule has 1 aliphatic carbocycles. The predicted molar refractivity (Wildman–Crippen MR) is 114 cm³/mol. The molecule has 1 aromatic carbocycles. The highest BCUT2D eigenvalue weighted by atomic mass is 17.5. The van der Waals surface area contributed by atoms with Crippen molar-refractivity contribution in [3.8, 4) is 0 Å². The summed E-state index contributed by atoms with van der Waals surface area (Å²) in [6.07, 6.45) is 8.18. The molecular formula is C24H36O6. The Morgan fingerprint density at radius 3 is 2.20 bits per heavy atom. The molecule has 0 N–H and O–H groups in total. The third-order valence-electron chi connectivity index (χ3n) is 5.88. The van der Waals surface area contributed by atoms with Gasteiger partial charge >= 0.3 is 12.1 Å². The smallest absolute Gasteiger partial charge is 0.429 e. The van der Waals surface area contributed by atoms with Gasteiger partial charge in [0.15, 0.2) is 0 Å². The van der Waals surface area contributed by atoms with Gasteiger partial charge in [-0.3, -0.25) is 4.89 Å². The third kappa shape index (κ3) is 8.34. The van der Waals surface area contributed by atoms with Gasteiger partial charge in [0.1, 0.15) is 6.10 Å². The van der Waals surface area contributed by atoms with Gasteiger partial charge in [0.25, 0.3) is 0 Å². The molecule has 6 nitrogen and oxygen atoms in total. The van der Waals surface area contributed by atoms with Crippen molar-refractivity contribution in [2.75, 3.05) is 0 Å². The number of rotatable bonds is 9. The van der Waals surface area contributed by atoms with Gasteiger partial charge in [-0.15, -0.1) is 0 Å². The van der Waals surface area contributed by atoms with Crippen molar-refractivity contribution in [2.45, 2.75) is 91.6 Å². The number of ether oxygens (including phenoxy) is 1. The highest BCUT2D eigenvalue weighted by Crippen LogP contribution is 2.38. The van der Waals surface area contributed by atoms with E-state index in [9.17, 15) is 9.59 Å². The lowest BCUT2D eigenvalue weighted by atomic mass is 9.72. The molecule has 0 amide bonds. The number of carbonyl (C=O) groups excluding carboxylic acids is 2. The Balaban J connectivity index is 1.64. The van der Waals surface area contributed by atoms with Gasteiger partial charge in [-0.1, -0.05) is 59.1 Å². The molecule has 2 rings (SSSR count). The summed E-state index contributed by atoms with van der Waals surface area (Å²) in [5.74, 6) is -0.112. The Kier molecular flexibility index (Phi) is 9.63. The van der Waals surface area contributed by atoms with E-state index in [4.69, 9.17) is 4.74 Å². The number of hydrogen-bond acceptors (Lipinski definition) is 6. The zero-order valence-corrected chi connectivity index (χ0v) is 18.8. The lowest BCUT2D eigenvalue weighted by Crippen LogP contribution is -2.30. The molecule has 0 unspecified atom stereocenters. The molecule has 0 bridgehead atoms. The SMILES string of the molecule is CCCCCCc1ccc(C(=O)OOOC(=O)OC2CCC(C(C)(C)C)CC2)cc1. The molecule has 0 radical (unpaired) electrons. The molecule has 1 aromatic rings. The summed E-state index contributed by atoms with van der Waals surface area (Å²) in [5.41, 5.74) is 1.75. The van der Waals surface area contributed by atoms with E-state index < -0.39 is 12.1 Å². The Hall–Kier alpha value is -2.08. The van der Waals surface area contributed by atoms with Crippen molar-refractivity contribution in [2.24, 2.45) is 11.3 Å². The number of unbranched alkanes of at least 4 members (excludes halogenated alkanes) is 3. The van der Waals surface area contributed by atoms with Crippen LogP contribution in [0.25, 0.3) is 0 Å². The average molecular weight is 421 g/mol. The Labute approximate surface area is 180 Å². The van der Waals surface area contributed by atoms with Gasteiger partial charge in [-0.25, -0.2) is 14.5 Å². The van der Waals surface area contributed by atoms with Crippen LogP contribution >= 0.6 is 0 Å². The van der Waals surface area contributed by atoms with Crippen LogP contribution in [-0.4, -0.2) is 18.2 Å². The normalized spacial score (nSPS) is 19.2. The lowest BCUT2D eigenvalue weighted by molar-refractivity contribution is -0.453. The molecule has 1 fully saturated rings. The van der Waals surface area contributed by atoms with Crippen LogP contribution in [0.1, 0.15) is 95.0 Å². The minimum atomic E-state index is -0.996. The number of hydrogen-bond donors (Lipinski definition) is 0. The molecule has 0 aromatic heterocycles. The Bertz CT molecular complexity index is 653. The van der Waals surface area contributed by atoms with E-state index >= 15 is 0 Å². The second-order valence-electron chi connectivity index (χ2n) is 9.24. The van der Waals surface area contributed by atoms with Crippen molar-refractivity contribution < 1.29 is 29.1 Å². The van der Waals surface area contributed by atoms with Crippen molar-refractivity contribution in [3.63, 3.8) is 0 Å². The van der Waals surface area contributed by atoms with E-state index in [1.807, 2.05) is 12.1 Å². The van der Waals surface area contributed by atoms with Crippen LogP contribution in [0.2, 0.25) is 0 Å². The van der Waals surface area contributed by atoms with E-state index in [0.717, 1.165) is 38.5 Å². The zero-order chi connectivity index (χ0) is 22.0. The first-order chi connectivity index (χ1) is 14.3. The Morgan fingerprint density at radius 2 is 1.60 bits per heavy atom. The van der Waals surface area contributed by atoms with E-state index in [-0.39, 0.29) is 11.5 Å². The third-order valence-corrected chi connectivity index (χ3v) is 5.88. The molecule has 1 saturated carbocycles. The van der Waals surface area contributed by atoms with Gasteiger partial charge < -0.3 is 4.74 Å². The summed E-state index contributed by atoms with van der Waals surface area (Å²) in [7, 11) is 0. The largest absolute Gasteiger partial charge is 0.543 e. The van der Waals surface area contributed by atoms with Crippen molar-refractivity contribution in [1.29, 1.82) is 0 Å². The summed E-state index contributed by atoms with van der Waals surface area (Å²) in [5, 5.41) is 4.33. The second-order valence-corrected chi connectivity index (χ2v) is 9.24. The summed E-state index contributed by atoms with van der Waals surface area (Å²) < 4.78 is 5.23. The van der Waals surface area contributed by atoms with E-state index in [2.05, 4.69) is 42.5 Å². The molecule has 0 heterocycles. The standard InChI is InChI=1S/C24H36O6/c1-5-6-7-8-9-18-10-12-19(13-11-18)22(25)28-30-29-23(26)27-21-16-14-20(15-17-21)24(2,3)4/h10-13,20-21H,5-9,14-17H2,1-4H3. The number of aryl methyl sites for hydroxylation is 1. The average Bonchev–Trinajstić information content (AvgIpc) is 2.71. The maximum atomic E-state index is 12.0. The van der Waals surface area contributed by atoms with Crippen LogP contribution in [0, 0.1) is 11.3 Å². The quantitative estimate of drug-likeness (QED) is 0.195. The van der Waals surface area contributed by atoms with Crippen molar-refractivity contribution in [1.82, 2.24) is 0 Å². The molecule has 168 valence electrons. The molecule has 1 aliphatic rings. The van der Waals surface area contributed by atoms with Crippen molar-refractivity contribution in [3.05, 3.63) is 35.4 Å². The molecule has 30 heavy (non-hydrogen) atoms. The molecular weight excluding hydrogens is 384 g/mol. The number of benzene rings is 1. The summed E-state index contributed by atoms with van der Waals surface area (Å²) in [4.78, 5) is 32.7. The summed E-state index contributed by atoms with van der Waals surface area (Å²) in [6, 6.07) is 7.14. The van der Waals surface area contributed by atoms with Crippen molar-refractivity contribution >= 4 is 12.1 Å². The van der Waals surface area contributed by atoms with Crippen LogP contribution in [0.4, 0.5) is 4.79 Å².